The Balaban J connectivity index is 1.55. The van der Waals surface area contributed by atoms with Gasteiger partial charge in [-0.1, -0.05) is 24.3 Å². The molecule has 0 aliphatic heterocycles. The monoisotopic (exact) mass is 366 g/mol. The summed E-state index contributed by atoms with van der Waals surface area (Å²) in [4.78, 5) is 16.7. The van der Waals surface area contributed by atoms with Crippen LogP contribution < -0.4 is 10.1 Å². The number of ether oxygens (including phenoxy) is 1. The maximum Gasteiger partial charge on any atom is 0.230 e. The highest BCUT2D eigenvalue weighted by Gasteiger charge is 2.10. The molecule has 3 rings (SSSR count). The number of benzene rings is 2. The van der Waals surface area contributed by atoms with Gasteiger partial charge >= 0.3 is 0 Å². The van der Waals surface area contributed by atoms with Gasteiger partial charge in [-0.2, -0.15) is 0 Å². The molecule has 3 aromatic rings. The third kappa shape index (κ3) is 4.70. The Kier molecular flexibility index (Phi) is 5.68. The van der Waals surface area contributed by atoms with Crippen molar-refractivity contribution in [1.82, 2.24) is 4.98 Å². The van der Waals surface area contributed by atoms with Crippen LogP contribution >= 0.6 is 11.3 Å². The zero-order chi connectivity index (χ0) is 18.5. The minimum Gasteiger partial charge on any atom is -0.486 e. The van der Waals surface area contributed by atoms with Crippen molar-refractivity contribution in [2.45, 2.75) is 33.8 Å². The first-order valence-electron chi connectivity index (χ1n) is 8.50. The lowest BCUT2D eigenvalue weighted by Gasteiger charge is -2.07. The Labute approximate surface area is 157 Å². The predicted molar refractivity (Wildman–Crippen MR) is 106 cm³/mol. The van der Waals surface area contributed by atoms with Gasteiger partial charge in [-0.15, -0.1) is 11.3 Å². The fourth-order valence-electron chi connectivity index (χ4n) is 2.52. The van der Waals surface area contributed by atoms with Gasteiger partial charge in [0.2, 0.25) is 5.91 Å². The Bertz CT molecular complexity index is 918. The molecule has 2 aromatic carbocycles. The van der Waals surface area contributed by atoms with E-state index in [1.165, 1.54) is 22.5 Å². The molecule has 4 nitrogen and oxygen atoms in total. The number of aromatic nitrogens is 1. The fraction of sp³-hybridized carbons (Fsp3) is 0.238. The second-order valence-corrected chi connectivity index (χ2v) is 7.25. The maximum absolute atomic E-state index is 12.2. The van der Waals surface area contributed by atoms with Gasteiger partial charge in [-0.25, -0.2) is 4.98 Å². The Morgan fingerprint density at radius 1 is 1.08 bits per heavy atom. The summed E-state index contributed by atoms with van der Waals surface area (Å²) < 4.78 is 5.80. The minimum atomic E-state index is -0.0637. The predicted octanol–water partition coefficient (Wildman–Crippen LogP) is 4.83. The van der Waals surface area contributed by atoms with Crippen molar-refractivity contribution in [3.8, 4) is 5.75 Å². The molecule has 0 saturated carbocycles. The molecule has 26 heavy (non-hydrogen) atoms. The molecule has 0 spiro atoms. The number of carbonyl (C=O) groups excluding carboxylic acids is 1. The number of anilines is 1. The third-order valence-electron chi connectivity index (χ3n) is 4.20. The second-order valence-electron chi connectivity index (χ2n) is 6.31. The van der Waals surface area contributed by atoms with Crippen molar-refractivity contribution in [3.63, 3.8) is 0 Å². The highest BCUT2D eigenvalue weighted by atomic mass is 32.1. The average molecular weight is 366 g/mol. The summed E-state index contributed by atoms with van der Waals surface area (Å²) >= 11 is 1.51. The van der Waals surface area contributed by atoms with Gasteiger partial charge in [-0.05, 0) is 55.7 Å². The first kappa shape index (κ1) is 18.1. The van der Waals surface area contributed by atoms with E-state index in [9.17, 15) is 4.79 Å². The number of nitrogens with zero attached hydrogens (tertiary/aromatic N) is 1. The number of nitrogens with one attached hydrogen (secondary N) is 1. The quantitative estimate of drug-likeness (QED) is 0.680. The Hall–Kier alpha value is -2.66. The molecule has 1 aromatic heterocycles. The molecule has 5 heteroatoms. The van der Waals surface area contributed by atoms with Crippen LogP contribution in [0.4, 0.5) is 5.69 Å². The van der Waals surface area contributed by atoms with Crippen LogP contribution in [0.5, 0.6) is 5.75 Å². The van der Waals surface area contributed by atoms with Gasteiger partial charge in [0.05, 0.1) is 12.1 Å². The molecule has 1 amide bonds. The number of thiazole rings is 1. The highest BCUT2D eigenvalue weighted by Crippen LogP contribution is 2.19. The maximum atomic E-state index is 12.2. The van der Waals surface area contributed by atoms with Crippen LogP contribution in [0, 0.1) is 20.8 Å². The minimum absolute atomic E-state index is 0.0637. The van der Waals surface area contributed by atoms with Crippen LogP contribution in [0.1, 0.15) is 27.4 Å². The molecule has 1 N–H and O–H groups in total. The summed E-state index contributed by atoms with van der Waals surface area (Å²) in [6.07, 6.45) is 0.258. The summed E-state index contributed by atoms with van der Waals surface area (Å²) in [5.74, 6) is 0.772. The van der Waals surface area contributed by atoms with Crippen molar-refractivity contribution < 1.29 is 9.53 Å². The van der Waals surface area contributed by atoms with Crippen LogP contribution in [0.25, 0.3) is 0 Å². The lowest BCUT2D eigenvalue weighted by atomic mass is 10.1. The van der Waals surface area contributed by atoms with Gasteiger partial charge in [0, 0.05) is 11.1 Å². The molecule has 134 valence electrons. The van der Waals surface area contributed by atoms with Gasteiger partial charge < -0.3 is 10.1 Å². The second kappa shape index (κ2) is 8.15. The van der Waals surface area contributed by atoms with Gasteiger partial charge in [0.15, 0.2) is 0 Å². The lowest BCUT2D eigenvalue weighted by molar-refractivity contribution is -0.115. The average Bonchev–Trinajstić information content (AvgIpc) is 3.05. The molecule has 0 radical (unpaired) electrons. The molecular weight excluding hydrogens is 344 g/mol. The van der Waals surface area contributed by atoms with E-state index in [4.69, 9.17) is 4.74 Å². The van der Waals surface area contributed by atoms with Crippen molar-refractivity contribution >= 4 is 22.9 Å². The Morgan fingerprint density at radius 3 is 2.65 bits per heavy atom. The number of carbonyl (C=O) groups is 1. The topological polar surface area (TPSA) is 51.2 Å². The summed E-state index contributed by atoms with van der Waals surface area (Å²) in [5.41, 5.74) is 5.09. The summed E-state index contributed by atoms with van der Waals surface area (Å²) in [7, 11) is 0. The molecule has 0 unspecified atom stereocenters. The van der Waals surface area contributed by atoms with Crippen LogP contribution in [0.3, 0.4) is 0 Å². The summed E-state index contributed by atoms with van der Waals surface area (Å²) in [5, 5.41) is 5.71. The van der Waals surface area contributed by atoms with Gasteiger partial charge in [0.1, 0.15) is 17.4 Å². The van der Waals surface area contributed by atoms with Crippen LogP contribution in [0.15, 0.2) is 47.8 Å². The smallest absolute Gasteiger partial charge is 0.230 e. The molecule has 0 aliphatic carbocycles. The molecular formula is C21H22N2O2S. The van der Waals surface area contributed by atoms with E-state index in [0.29, 0.717) is 6.61 Å². The standard InChI is InChI=1S/C21H22N2O2S/c1-14-8-9-18(10-16(14)3)25-12-21-22-17(13-26-21)11-20(24)23-19-7-5-4-6-15(19)2/h4-10,13H,11-12H2,1-3H3,(H,23,24). The van der Waals surface area contributed by atoms with E-state index in [1.54, 1.807) is 0 Å². The number of aryl methyl sites for hydroxylation is 3. The van der Waals surface area contributed by atoms with Crippen molar-refractivity contribution in [3.05, 3.63) is 75.2 Å². The van der Waals surface area contributed by atoms with Gasteiger partial charge in [-0.3, -0.25) is 4.79 Å². The van der Waals surface area contributed by atoms with E-state index in [1.807, 2.05) is 54.8 Å². The normalized spacial score (nSPS) is 10.6. The van der Waals surface area contributed by atoms with Crippen LogP contribution in [0.2, 0.25) is 0 Å². The molecule has 0 fully saturated rings. The molecule has 0 saturated heterocycles. The number of para-hydroxylation sites is 1. The van der Waals surface area contributed by atoms with E-state index in [0.717, 1.165) is 27.7 Å². The molecule has 0 atom stereocenters. The summed E-state index contributed by atoms with van der Waals surface area (Å²) in [6, 6.07) is 13.8. The highest BCUT2D eigenvalue weighted by molar-refractivity contribution is 7.09. The SMILES string of the molecule is Cc1ccc(OCc2nc(CC(=O)Nc3ccccc3C)cs2)cc1C. The molecule has 0 aliphatic rings. The number of amides is 1. The summed E-state index contributed by atoms with van der Waals surface area (Å²) in [6.45, 7) is 6.53. The van der Waals surface area contributed by atoms with E-state index >= 15 is 0 Å². The van der Waals surface area contributed by atoms with Gasteiger partial charge in [0.25, 0.3) is 0 Å². The van der Waals surface area contributed by atoms with E-state index < -0.39 is 0 Å². The number of rotatable bonds is 6. The Morgan fingerprint density at radius 2 is 1.88 bits per heavy atom. The first-order chi connectivity index (χ1) is 12.5. The fourth-order valence-corrected chi connectivity index (χ4v) is 3.22. The lowest BCUT2D eigenvalue weighted by Crippen LogP contribution is -2.15. The van der Waals surface area contributed by atoms with E-state index in [-0.39, 0.29) is 12.3 Å². The zero-order valence-corrected chi connectivity index (χ0v) is 16.0. The number of hydrogen-bond donors (Lipinski definition) is 1. The molecule has 1 heterocycles. The van der Waals surface area contributed by atoms with Crippen molar-refractivity contribution in [2.75, 3.05) is 5.32 Å². The molecule has 0 bridgehead atoms. The first-order valence-corrected chi connectivity index (χ1v) is 9.38. The largest absolute Gasteiger partial charge is 0.486 e. The van der Waals surface area contributed by atoms with Crippen LogP contribution in [-0.2, 0) is 17.8 Å². The zero-order valence-electron chi connectivity index (χ0n) is 15.2. The number of hydrogen-bond acceptors (Lipinski definition) is 4. The van der Waals surface area contributed by atoms with Crippen molar-refractivity contribution in [2.24, 2.45) is 0 Å². The third-order valence-corrected chi connectivity index (χ3v) is 5.07. The van der Waals surface area contributed by atoms with Crippen molar-refractivity contribution in [1.29, 1.82) is 0 Å². The van der Waals surface area contributed by atoms with Crippen LogP contribution in [-0.4, -0.2) is 10.9 Å². The van der Waals surface area contributed by atoms with E-state index in [2.05, 4.69) is 24.1 Å².